The molecule has 4 heteroatoms. The number of para-hydroxylation sites is 2. The molecule has 1 N–H and O–H groups in total. The van der Waals surface area contributed by atoms with Crippen molar-refractivity contribution >= 4 is 16.8 Å². The van der Waals surface area contributed by atoms with Crippen LogP contribution in [0.5, 0.6) is 5.75 Å². The lowest BCUT2D eigenvalue weighted by molar-refractivity contribution is 0.0840. The van der Waals surface area contributed by atoms with Gasteiger partial charge in [0, 0.05) is 16.6 Å². The van der Waals surface area contributed by atoms with Crippen LogP contribution in [0.2, 0.25) is 0 Å². The highest BCUT2D eigenvalue weighted by Gasteiger charge is 2.18. The average Bonchev–Trinajstić information content (AvgIpc) is 2.85. The van der Waals surface area contributed by atoms with Crippen LogP contribution in [-0.2, 0) is 6.61 Å². The van der Waals surface area contributed by atoms with Gasteiger partial charge < -0.3 is 9.84 Å². The largest absolute Gasteiger partial charge is 0.484 e. The lowest BCUT2D eigenvalue weighted by Gasteiger charge is -2.09. The summed E-state index contributed by atoms with van der Waals surface area (Å²) in [6.45, 7) is 1.70. The molecule has 0 aliphatic heterocycles. The van der Waals surface area contributed by atoms with Crippen molar-refractivity contribution < 1.29 is 14.6 Å². The van der Waals surface area contributed by atoms with Crippen molar-refractivity contribution in [1.82, 2.24) is 4.57 Å². The van der Waals surface area contributed by atoms with Gasteiger partial charge in [0.05, 0.1) is 12.1 Å². The Morgan fingerprint density at radius 3 is 2.50 bits per heavy atom. The molecule has 2 aromatic carbocycles. The molecule has 0 fully saturated rings. The lowest BCUT2D eigenvalue weighted by Crippen LogP contribution is -2.20. The number of ether oxygens (including phenoxy) is 1. The van der Waals surface area contributed by atoms with E-state index in [0.29, 0.717) is 5.75 Å². The zero-order valence-electron chi connectivity index (χ0n) is 12.3. The number of carbonyl (C=O) groups is 1. The maximum absolute atomic E-state index is 12.5. The molecule has 0 aliphatic carbocycles. The smallest absolute Gasteiger partial charge is 0.269 e. The van der Waals surface area contributed by atoms with Gasteiger partial charge in [-0.15, -0.1) is 0 Å². The summed E-state index contributed by atoms with van der Waals surface area (Å²) in [5.41, 5.74) is 2.33. The molecule has 4 nitrogen and oxygen atoms in total. The molecular weight excluding hydrogens is 278 g/mol. The fourth-order valence-electron chi connectivity index (χ4n) is 2.68. The Kier molecular flexibility index (Phi) is 3.94. The highest BCUT2D eigenvalue weighted by atomic mass is 16.5. The molecule has 0 spiro atoms. The molecule has 0 saturated heterocycles. The van der Waals surface area contributed by atoms with E-state index in [9.17, 15) is 9.90 Å². The standard InChI is InChI=1S/C18H17NO3/c1-13-16(11-20)15-9-5-6-10-17(15)19(13)18(21)12-22-14-7-3-2-4-8-14/h2-10,20H,11-12H2,1H3. The summed E-state index contributed by atoms with van der Waals surface area (Å²) in [4.78, 5) is 12.5. The van der Waals surface area contributed by atoms with E-state index in [2.05, 4.69) is 0 Å². The van der Waals surface area contributed by atoms with E-state index in [0.717, 1.165) is 22.2 Å². The molecule has 1 aromatic heterocycles. The first-order chi connectivity index (χ1) is 10.7. The van der Waals surface area contributed by atoms with Crippen molar-refractivity contribution in [3.05, 3.63) is 65.9 Å². The minimum absolute atomic E-state index is 0.0472. The number of benzene rings is 2. The quantitative estimate of drug-likeness (QED) is 0.804. The van der Waals surface area contributed by atoms with E-state index in [1.807, 2.05) is 61.5 Å². The second-order valence-corrected chi connectivity index (χ2v) is 5.07. The predicted octanol–water partition coefficient (Wildman–Crippen LogP) is 3.16. The molecule has 3 aromatic rings. The summed E-state index contributed by atoms with van der Waals surface area (Å²) in [5, 5.41) is 10.5. The Morgan fingerprint density at radius 1 is 1.09 bits per heavy atom. The van der Waals surface area contributed by atoms with Crippen molar-refractivity contribution in [1.29, 1.82) is 0 Å². The summed E-state index contributed by atoms with van der Waals surface area (Å²) in [6, 6.07) is 16.8. The molecule has 22 heavy (non-hydrogen) atoms. The Bertz CT molecular complexity index is 806. The second kappa shape index (κ2) is 6.03. The third-order valence-electron chi connectivity index (χ3n) is 3.76. The van der Waals surface area contributed by atoms with E-state index in [4.69, 9.17) is 4.74 Å². The first kappa shape index (κ1) is 14.4. The number of aliphatic hydroxyl groups is 1. The molecule has 0 atom stereocenters. The molecule has 1 heterocycles. The molecule has 0 bridgehead atoms. The van der Waals surface area contributed by atoms with Crippen LogP contribution in [0, 0.1) is 6.92 Å². The van der Waals surface area contributed by atoms with Gasteiger partial charge in [0.1, 0.15) is 5.75 Å². The molecular formula is C18H17NO3. The summed E-state index contributed by atoms with van der Waals surface area (Å²) in [7, 11) is 0. The van der Waals surface area contributed by atoms with Gasteiger partial charge in [-0.1, -0.05) is 36.4 Å². The number of rotatable bonds is 4. The van der Waals surface area contributed by atoms with E-state index in [1.165, 1.54) is 0 Å². The minimum Gasteiger partial charge on any atom is -0.484 e. The average molecular weight is 295 g/mol. The van der Waals surface area contributed by atoms with Gasteiger partial charge in [-0.2, -0.15) is 0 Å². The van der Waals surface area contributed by atoms with Crippen LogP contribution in [0.4, 0.5) is 0 Å². The van der Waals surface area contributed by atoms with Gasteiger partial charge in [0.25, 0.3) is 5.91 Å². The second-order valence-electron chi connectivity index (χ2n) is 5.07. The number of hydrogen-bond acceptors (Lipinski definition) is 3. The summed E-state index contributed by atoms with van der Waals surface area (Å²) in [6.07, 6.45) is 0. The van der Waals surface area contributed by atoms with Crippen LogP contribution in [0.3, 0.4) is 0 Å². The van der Waals surface area contributed by atoms with E-state index >= 15 is 0 Å². The number of aromatic nitrogens is 1. The fourth-order valence-corrected chi connectivity index (χ4v) is 2.68. The third-order valence-corrected chi connectivity index (χ3v) is 3.76. The highest BCUT2D eigenvalue weighted by molar-refractivity contribution is 5.96. The zero-order valence-corrected chi connectivity index (χ0v) is 12.3. The topological polar surface area (TPSA) is 51.5 Å². The van der Waals surface area contributed by atoms with Crippen molar-refractivity contribution in [2.75, 3.05) is 6.61 Å². The Labute approximate surface area is 128 Å². The molecule has 0 aliphatic rings. The monoisotopic (exact) mass is 295 g/mol. The molecule has 0 amide bonds. The minimum atomic E-state index is -0.155. The van der Waals surface area contributed by atoms with Gasteiger partial charge in [-0.3, -0.25) is 9.36 Å². The number of nitrogens with zero attached hydrogens (tertiary/aromatic N) is 1. The van der Waals surface area contributed by atoms with E-state index in [1.54, 1.807) is 4.57 Å². The van der Waals surface area contributed by atoms with Crippen molar-refractivity contribution in [3.8, 4) is 5.75 Å². The van der Waals surface area contributed by atoms with Gasteiger partial charge in [-0.25, -0.2) is 0 Å². The molecule has 0 saturated carbocycles. The molecule has 112 valence electrons. The Balaban J connectivity index is 1.92. The summed E-state index contributed by atoms with van der Waals surface area (Å²) < 4.78 is 7.15. The zero-order chi connectivity index (χ0) is 15.5. The molecule has 0 radical (unpaired) electrons. The maximum Gasteiger partial charge on any atom is 0.269 e. The number of fused-ring (bicyclic) bond motifs is 1. The van der Waals surface area contributed by atoms with Crippen LogP contribution in [0.15, 0.2) is 54.6 Å². The van der Waals surface area contributed by atoms with Crippen LogP contribution in [0.25, 0.3) is 10.9 Å². The van der Waals surface area contributed by atoms with Crippen LogP contribution < -0.4 is 4.74 Å². The normalized spacial score (nSPS) is 10.8. The van der Waals surface area contributed by atoms with Gasteiger partial charge in [0.2, 0.25) is 0 Å². The number of hydrogen-bond donors (Lipinski definition) is 1. The summed E-state index contributed by atoms with van der Waals surface area (Å²) >= 11 is 0. The first-order valence-electron chi connectivity index (χ1n) is 7.13. The molecule has 3 rings (SSSR count). The highest BCUT2D eigenvalue weighted by Crippen LogP contribution is 2.25. The van der Waals surface area contributed by atoms with Crippen molar-refractivity contribution in [3.63, 3.8) is 0 Å². The van der Waals surface area contributed by atoms with Crippen molar-refractivity contribution in [2.45, 2.75) is 13.5 Å². The SMILES string of the molecule is Cc1c(CO)c2ccccc2n1C(=O)COc1ccccc1. The predicted molar refractivity (Wildman–Crippen MR) is 85.2 cm³/mol. The number of aliphatic hydroxyl groups excluding tert-OH is 1. The van der Waals surface area contributed by atoms with Gasteiger partial charge >= 0.3 is 0 Å². The third kappa shape index (κ3) is 2.49. The molecule has 0 unspecified atom stereocenters. The van der Waals surface area contributed by atoms with Crippen LogP contribution >= 0.6 is 0 Å². The van der Waals surface area contributed by atoms with Gasteiger partial charge in [-0.05, 0) is 25.1 Å². The summed E-state index contributed by atoms with van der Waals surface area (Å²) in [5.74, 6) is 0.504. The van der Waals surface area contributed by atoms with Gasteiger partial charge in [0.15, 0.2) is 6.61 Å². The van der Waals surface area contributed by atoms with E-state index < -0.39 is 0 Å². The van der Waals surface area contributed by atoms with Crippen LogP contribution in [-0.4, -0.2) is 22.2 Å². The lowest BCUT2D eigenvalue weighted by atomic mass is 10.1. The maximum atomic E-state index is 12.5. The van der Waals surface area contributed by atoms with E-state index in [-0.39, 0.29) is 19.1 Å². The first-order valence-corrected chi connectivity index (χ1v) is 7.13. The Morgan fingerprint density at radius 2 is 1.77 bits per heavy atom. The fraction of sp³-hybridized carbons (Fsp3) is 0.167. The Hall–Kier alpha value is -2.59. The van der Waals surface area contributed by atoms with Crippen LogP contribution in [0.1, 0.15) is 16.1 Å². The van der Waals surface area contributed by atoms with Crippen molar-refractivity contribution in [2.24, 2.45) is 0 Å². The number of carbonyl (C=O) groups excluding carboxylic acids is 1.